The van der Waals surface area contributed by atoms with Gasteiger partial charge in [-0.25, -0.2) is 4.39 Å². The van der Waals surface area contributed by atoms with E-state index >= 15 is 0 Å². The summed E-state index contributed by atoms with van der Waals surface area (Å²) in [6.45, 7) is 0.961. The third-order valence-corrected chi connectivity index (χ3v) is 4.70. The van der Waals surface area contributed by atoms with Crippen molar-refractivity contribution in [2.24, 2.45) is 0 Å². The lowest BCUT2D eigenvalue weighted by molar-refractivity contribution is -0.129. The van der Waals surface area contributed by atoms with Gasteiger partial charge in [0.25, 0.3) is 5.91 Å². The minimum Gasteiger partial charge on any atom is -0.459 e. The standard InChI is InChI=1S/C20H18FN3O3/c21-14-3-4-15-16(11-22-17(15)10-14)13-5-7-24(8-6-13)19(25)12-23-20(26)18-2-1-9-27-18/h1-5,9-11,22H,6-8,12H2,(H,23,26). The summed E-state index contributed by atoms with van der Waals surface area (Å²) in [5.41, 5.74) is 2.91. The summed E-state index contributed by atoms with van der Waals surface area (Å²) >= 11 is 0. The van der Waals surface area contributed by atoms with Gasteiger partial charge in [-0.3, -0.25) is 9.59 Å². The van der Waals surface area contributed by atoms with Crippen LogP contribution in [0.1, 0.15) is 22.5 Å². The minimum absolute atomic E-state index is 0.0743. The maximum Gasteiger partial charge on any atom is 0.287 e. The molecule has 2 N–H and O–H groups in total. The molecule has 0 saturated carbocycles. The number of halogens is 1. The maximum atomic E-state index is 13.3. The SMILES string of the molecule is O=C(NCC(=O)N1CC=C(c2c[nH]c3cc(F)ccc23)CC1)c1ccco1. The van der Waals surface area contributed by atoms with Gasteiger partial charge in [0, 0.05) is 35.8 Å². The van der Waals surface area contributed by atoms with Gasteiger partial charge in [-0.15, -0.1) is 0 Å². The molecule has 0 atom stereocenters. The Balaban J connectivity index is 1.39. The van der Waals surface area contributed by atoms with Crippen LogP contribution in [0.4, 0.5) is 4.39 Å². The molecule has 2 aromatic heterocycles. The van der Waals surface area contributed by atoms with E-state index < -0.39 is 5.91 Å². The van der Waals surface area contributed by atoms with Crippen LogP contribution in [-0.2, 0) is 4.79 Å². The molecule has 27 heavy (non-hydrogen) atoms. The van der Waals surface area contributed by atoms with Gasteiger partial charge in [-0.05, 0) is 42.3 Å². The van der Waals surface area contributed by atoms with Gasteiger partial charge in [0.1, 0.15) is 5.82 Å². The third kappa shape index (κ3) is 3.48. The quantitative estimate of drug-likeness (QED) is 0.744. The van der Waals surface area contributed by atoms with E-state index in [-0.39, 0.29) is 24.0 Å². The first-order valence-electron chi connectivity index (χ1n) is 8.67. The smallest absolute Gasteiger partial charge is 0.287 e. The third-order valence-electron chi connectivity index (χ3n) is 4.70. The first kappa shape index (κ1) is 17.1. The number of H-pyrrole nitrogens is 1. The first-order valence-corrected chi connectivity index (χ1v) is 8.67. The zero-order valence-corrected chi connectivity index (χ0v) is 14.5. The van der Waals surface area contributed by atoms with E-state index in [1.165, 1.54) is 18.4 Å². The van der Waals surface area contributed by atoms with Crippen LogP contribution in [0.5, 0.6) is 0 Å². The molecular weight excluding hydrogens is 349 g/mol. The molecule has 3 heterocycles. The van der Waals surface area contributed by atoms with Gasteiger partial charge < -0.3 is 19.6 Å². The number of hydrogen-bond acceptors (Lipinski definition) is 3. The van der Waals surface area contributed by atoms with Gasteiger partial charge in [0.05, 0.1) is 12.8 Å². The second-order valence-electron chi connectivity index (χ2n) is 6.37. The molecule has 3 aromatic rings. The summed E-state index contributed by atoms with van der Waals surface area (Å²) in [5, 5.41) is 3.53. The fourth-order valence-electron chi connectivity index (χ4n) is 3.27. The molecular formula is C20H18FN3O3. The highest BCUT2D eigenvalue weighted by atomic mass is 19.1. The van der Waals surface area contributed by atoms with Gasteiger partial charge >= 0.3 is 0 Å². The summed E-state index contributed by atoms with van der Waals surface area (Å²) in [6, 6.07) is 7.84. The fraction of sp³-hybridized carbons (Fsp3) is 0.200. The Kier molecular flexibility index (Phi) is 4.50. The number of nitrogens with one attached hydrogen (secondary N) is 2. The Labute approximate surface area is 154 Å². The predicted octanol–water partition coefficient (Wildman–Crippen LogP) is 2.95. The average molecular weight is 367 g/mol. The Hall–Kier alpha value is -3.35. The highest BCUT2D eigenvalue weighted by Crippen LogP contribution is 2.29. The fourth-order valence-corrected chi connectivity index (χ4v) is 3.27. The number of nitrogens with zero attached hydrogens (tertiary/aromatic N) is 1. The van der Waals surface area contributed by atoms with Crippen LogP contribution in [0.2, 0.25) is 0 Å². The van der Waals surface area contributed by atoms with E-state index in [1.807, 2.05) is 12.3 Å². The molecule has 0 saturated heterocycles. The zero-order chi connectivity index (χ0) is 18.8. The molecule has 0 bridgehead atoms. The second kappa shape index (κ2) is 7.11. The van der Waals surface area contributed by atoms with Crippen molar-refractivity contribution >= 4 is 28.3 Å². The molecule has 6 nitrogen and oxygen atoms in total. The van der Waals surface area contributed by atoms with Crippen molar-refractivity contribution in [3.8, 4) is 0 Å². The predicted molar refractivity (Wildman–Crippen MR) is 98.5 cm³/mol. The topological polar surface area (TPSA) is 78.3 Å². The molecule has 0 aliphatic carbocycles. The van der Waals surface area contributed by atoms with Crippen molar-refractivity contribution in [1.82, 2.24) is 15.2 Å². The highest BCUT2D eigenvalue weighted by molar-refractivity contribution is 5.95. The molecule has 0 radical (unpaired) electrons. The Morgan fingerprint density at radius 3 is 2.93 bits per heavy atom. The molecule has 138 valence electrons. The molecule has 0 fully saturated rings. The van der Waals surface area contributed by atoms with E-state index in [0.29, 0.717) is 19.5 Å². The zero-order valence-electron chi connectivity index (χ0n) is 14.5. The molecule has 1 aliphatic heterocycles. The molecule has 0 unspecified atom stereocenters. The van der Waals surface area contributed by atoms with Crippen molar-refractivity contribution in [2.45, 2.75) is 6.42 Å². The van der Waals surface area contributed by atoms with E-state index in [2.05, 4.69) is 10.3 Å². The highest BCUT2D eigenvalue weighted by Gasteiger charge is 2.20. The van der Waals surface area contributed by atoms with Crippen molar-refractivity contribution in [3.63, 3.8) is 0 Å². The number of aromatic nitrogens is 1. The largest absolute Gasteiger partial charge is 0.459 e. The van der Waals surface area contributed by atoms with Crippen LogP contribution >= 0.6 is 0 Å². The van der Waals surface area contributed by atoms with Gasteiger partial charge in [0.15, 0.2) is 5.76 Å². The summed E-state index contributed by atoms with van der Waals surface area (Å²) < 4.78 is 18.3. The lowest BCUT2D eigenvalue weighted by atomic mass is 9.99. The second-order valence-corrected chi connectivity index (χ2v) is 6.37. The lowest BCUT2D eigenvalue weighted by Gasteiger charge is -2.26. The van der Waals surface area contributed by atoms with Crippen LogP contribution in [0.25, 0.3) is 16.5 Å². The van der Waals surface area contributed by atoms with Crippen molar-refractivity contribution in [2.75, 3.05) is 19.6 Å². The lowest BCUT2D eigenvalue weighted by Crippen LogP contribution is -2.42. The van der Waals surface area contributed by atoms with E-state index in [0.717, 1.165) is 22.0 Å². The molecule has 2 amide bonds. The van der Waals surface area contributed by atoms with Crippen LogP contribution in [0.15, 0.2) is 53.3 Å². The Bertz CT molecular complexity index is 1020. The summed E-state index contributed by atoms with van der Waals surface area (Å²) in [5.74, 6) is -0.653. The molecule has 7 heteroatoms. The average Bonchev–Trinajstić information content (AvgIpc) is 3.35. The number of amides is 2. The number of rotatable bonds is 4. The van der Waals surface area contributed by atoms with Crippen LogP contribution in [0, 0.1) is 5.82 Å². The number of fused-ring (bicyclic) bond motifs is 1. The minimum atomic E-state index is -0.410. The number of hydrogen-bond donors (Lipinski definition) is 2. The van der Waals surface area contributed by atoms with Crippen molar-refractivity contribution in [1.29, 1.82) is 0 Å². The van der Waals surface area contributed by atoms with Gasteiger partial charge in [0.2, 0.25) is 5.91 Å². The number of carbonyl (C=O) groups excluding carboxylic acids is 2. The summed E-state index contributed by atoms with van der Waals surface area (Å²) in [4.78, 5) is 28.9. The van der Waals surface area contributed by atoms with Crippen LogP contribution < -0.4 is 5.32 Å². The van der Waals surface area contributed by atoms with Crippen LogP contribution in [-0.4, -0.2) is 41.3 Å². The normalized spacial score (nSPS) is 14.3. The molecule has 0 spiro atoms. The molecule has 4 rings (SSSR count). The molecule has 1 aliphatic rings. The van der Waals surface area contributed by atoms with Crippen LogP contribution in [0.3, 0.4) is 0 Å². The number of furan rings is 1. The maximum absolute atomic E-state index is 13.3. The Morgan fingerprint density at radius 1 is 1.30 bits per heavy atom. The number of aromatic amines is 1. The van der Waals surface area contributed by atoms with E-state index in [1.54, 1.807) is 23.1 Å². The van der Waals surface area contributed by atoms with E-state index in [4.69, 9.17) is 4.42 Å². The van der Waals surface area contributed by atoms with Gasteiger partial charge in [-0.2, -0.15) is 0 Å². The van der Waals surface area contributed by atoms with Gasteiger partial charge in [-0.1, -0.05) is 6.08 Å². The monoisotopic (exact) mass is 367 g/mol. The first-order chi connectivity index (χ1) is 13.1. The summed E-state index contributed by atoms with van der Waals surface area (Å²) in [6.07, 6.45) is 5.98. The van der Waals surface area contributed by atoms with E-state index in [9.17, 15) is 14.0 Å². The molecule has 1 aromatic carbocycles. The number of carbonyl (C=O) groups is 2. The van der Waals surface area contributed by atoms with Crippen molar-refractivity contribution in [3.05, 3.63) is 66.0 Å². The summed E-state index contributed by atoms with van der Waals surface area (Å²) in [7, 11) is 0. The Morgan fingerprint density at radius 2 is 2.19 bits per heavy atom. The van der Waals surface area contributed by atoms with Crippen molar-refractivity contribution < 1.29 is 18.4 Å². The number of benzene rings is 1.